The first-order valence-electron chi connectivity index (χ1n) is 12.4. The van der Waals surface area contributed by atoms with Crippen molar-refractivity contribution in [1.29, 1.82) is 0 Å². The summed E-state index contributed by atoms with van der Waals surface area (Å²) in [4.78, 5) is 29.6. The molecule has 0 bridgehead atoms. The van der Waals surface area contributed by atoms with Crippen LogP contribution in [0, 0.1) is 11.8 Å². The van der Waals surface area contributed by atoms with Gasteiger partial charge in [-0.25, -0.2) is 14.6 Å². The van der Waals surface area contributed by atoms with Gasteiger partial charge in [-0.3, -0.25) is 11.3 Å². The molecule has 0 amide bonds. The van der Waals surface area contributed by atoms with Crippen molar-refractivity contribution in [2.24, 2.45) is 17.7 Å². The zero-order valence-corrected chi connectivity index (χ0v) is 19.7. The normalized spacial score (nSPS) is 22.2. The fourth-order valence-electron chi connectivity index (χ4n) is 4.24. The number of fused-ring (bicyclic) bond motifs is 1. The van der Waals surface area contributed by atoms with Crippen LogP contribution in [0.5, 0.6) is 0 Å². The second kappa shape index (κ2) is 15.8. The number of rotatable bonds is 6. The number of unbranched alkanes of at least 4 members (excludes halogenated alkanes) is 2. The minimum atomic E-state index is -0.597. The lowest BCUT2D eigenvalue weighted by Gasteiger charge is -2.19. The van der Waals surface area contributed by atoms with Crippen LogP contribution in [-0.2, 0) is 9.47 Å². The van der Waals surface area contributed by atoms with Crippen LogP contribution in [0.25, 0.3) is 0 Å². The van der Waals surface area contributed by atoms with Crippen molar-refractivity contribution in [3.8, 4) is 0 Å². The van der Waals surface area contributed by atoms with Crippen molar-refractivity contribution in [3.63, 3.8) is 0 Å². The maximum Gasteiger partial charge on any atom is 0.357 e. The van der Waals surface area contributed by atoms with E-state index < -0.39 is 11.9 Å². The molecular weight excluding hydrogens is 406 g/mol. The van der Waals surface area contributed by atoms with Gasteiger partial charge in [0.15, 0.2) is 5.69 Å². The predicted molar refractivity (Wildman–Crippen MR) is 125 cm³/mol. The van der Waals surface area contributed by atoms with Crippen molar-refractivity contribution in [2.75, 3.05) is 19.8 Å². The van der Waals surface area contributed by atoms with Crippen molar-refractivity contribution < 1.29 is 19.1 Å². The third-order valence-corrected chi connectivity index (χ3v) is 6.22. The molecule has 0 saturated heterocycles. The highest BCUT2D eigenvalue weighted by Crippen LogP contribution is 2.21. The highest BCUT2D eigenvalue weighted by atomic mass is 16.5. The standard InChI is InChI=1S/C25H41N3O4/c1-2-3-8-12-20-13-9-6-4-5-7-10-14-21(17-28-26)19-32-25(30)23-22(15-11-16-27-23)24(29)31-18-20/h11,15-16,20-21,28H,2-10,12-14,17-19,26H2,1H3. The molecule has 7 nitrogen and oxygen atoms in total. The lowest BCUT2D eigenvalue weighted by Crippen LogP contribution is -2.32. The molecule has 7 heteroatoms. The van der Waals surface area contributed by atoms with Gasteiger partial charge < -0.3 is 9.47 Å². The average molecular weight is 448 g/mol. The van der Waals surface area contributed by atoms with Crippen molar-refractivity contribution in [3.05, 3.63) is 29.6 Å². The number of hydrazine groups is 1. The number of esters is 2. The number of nitrogens with two attached hydrogens (primary N) is 1. The van der Waals surface area contributed by atoms with Crippen molar-refractivity contribution in [1.82, 2.24) is 10.4 Å². The van der Waals surface area contributed by atoms with E-state index in [0.29, 0.717) is 19.1 Å². The molecule has 3 N–H and O–H groups in total. The number of cyclic esters (lactones) is 2. The van der Waals surface area contributed by atoms with E-state index in [9.17, 15) is 9.59 Å². The Balaban J connectivity index is 2.10. The summed E-state index contributed by atoms with van der Waals surface area (Å²) in [5.41, 5.74) is 2.87. The van der Waals surface area contributed by atoms with Gasteiger partial charge in [0.1, 0.15) is 0 Å². The van der Waals surface area contributed by atoms with Crippen LogP contribution in [0.15, 0.2) is 18.3 Å². The summed E-state index contributed by atoms with van der Waals surface area (Å²) in [5.74, 6) is 4.89. The zero-order chi connectivity index (χ0) is 23.0. The molecule has 0 aromatic carbocycles. The fraction of sp³-hybridized carbons (Fsp3) is 0.720. The zero-order valence-electron chi connectivity index (χ0n) is 19.7. The number of nitrogens with one attached hydrogen (secondary N) is 1. The summed E-state index contributed by atoms with van der Waals surface area (Å²) in [6, 6.07) is 3.22. The van der Waals surface area contributed by atoms with Gasteiger partial charge in [-0.1, -0.05) is 64.7 Å². The molecule has 0 saturated carbocycles. The monoisotopic (exact) mass is 447 g/mol. The summed E-state index contributed by atoms with van der Waals surface area (Å²) in [5, 5.41) is 0. The molecule has 180 valence electrons. The Labute approximate surface area is 192 Å². The van der Waals surface area contributed by atoms with Gasteiger partial charge >= 0.3 is 11.9 Å². The van der Waals surface area contributed by atoms with Crippen LogP contribution in [0.3, 0.4) is 0 Å². The van der Waals surface area contributed by atoms with Crippen LogP contribution < -0.4 is 11.3 Å². The van der Waals surface area contributed by atoms with Crippen LogP contribution in [0.1, 0.15) is 105 Å². The molecule has 0 fully saturated rings. The SMILES string of the molecule is CCCCCC1CCCCCCCCC(CNN)COC(=O)c2ncccc2C(=O)OC1. The number of pyridine rings is 1. The predicted octanol–water partition coefficient (Wildman–Crippen LogP) is 4.81. The number of carbonyl (C=O) groups is 2. The minimum absolute atomic E-state index is 0.0145. The number of hydrogen-bond acceptors (Lipinski definition) is 7. The third kappa shape index (κ3) is 9.65. The molecule has 1 aliphatic rings. The fourth-order valence-corrected chi connectivity index (χ4v) is 4.24. The van der Waals surface area contributed by atoms with E-state index in [0.717, 1.165) is 32.1 Å². The molecule has 0 spiro atoms. The molecule has 0 radical (unpaired) electrons. The molecule has 32 heavy (non-hydrogen) atoms. The Hall–Kier alpha value is -1.99. The van der Waals surface area contributed by atoms with Gasteiger partial charge in [0.2, 0.25) is 0 Å². The number of aromatic nitrogens is 1. The minimum Gasteiger partial charge on any atom is -0.462 e. The maximum atomic E-state index is 12.8. The van der Waals surface area contributed by atoms with Crippen LogP contribution in [-0.4, -0.2) is 36.7 Å². The van der Waals surface area contributed by atoms with Gasteiger partial charge in [0.05, 0.1) is 18.8 Å². The molecule has 2 atom stereocenters. The largest absolute Gasteiger partial charge is 0.462 e. The van der Waals surface area contributed by atoms with Crippen LogP contribution >= 0.6 is 0 Å². The second-order valence-corrected chi connectivity index (χ2v) is 8.93. The highest BCUT2D eigenvalue weighted by Gasteiger charge is 2.23. The summed E-state index contributed by atoms with van der Waals surface area (Å²) >= 11 is 0. The first kappa shape index (κ1) is 26.3. The highest BCUT2D eigenvalue weighted by molar-refractivity contribution is 6.01. The van der Waals surface area contributed by atoms with Gasteiger partial charge in [0.25, 0.3) is 0 Å². The van der Waals surface area contributed by atoms with E-state index in [1.807, 2.05) is 0 Å². The Morgan fingerprint density at radius 1 is 0.969 bits per heavy atom. The quantitative estimate of drug-likeness (QED) is 0.279. The average Bonchev–Trinajstić information content (AvgIpc) is 2.81. The van der Waals surface area contributed by atoms with Gasteiger partial charge in [-0.2, -0.15) is 0 Å². The van der Waals surface area contributed by atoms with Gasteiger partial charge in [-0.05, 0) is 37.3 Å². The van der Waals surface area contributed by atoms with E-state index >= 15 is 0 Å². The summed E-state index contributed by atoms with van der Waals surface area (Å²) < 4.78 is 11.2. The lowest BCUT2D eigenvalue weighted by atomic mass is 9.95. The van der Waals surface area contributed by atoms with E-state index in [1.54, 1.807) is 12.1 Å². The number of ether oxygens (including phenoxy) is 2. The molecule has 2 rings (SSSR count). The molecule has 1 aromatic rings. The summed E-state index contributed by atoms with van der Waals surface area (Å²) in [6.07, 6.45) is 15.2. The molecular formula is C25H41N3O4. The van der Waals surface area contributed by atoms with E-state index in [-0.39, 0.29) is 23.8 Å². The Morgan fingerprint density at radius 3 is 2.34 bits per heavy atom. The lowest BCUT2D eigenvalue weighted by molar-refractivity contribution is 0.0374. The van der Waals surface area contributed by atoms with E-state index in [4.69, 9.17) is 15.3 Å². The topological polar surface area (TPSA) is 104 Å². The first-order chi connectivity index (χ1) is 15.7. The summed E-state index contributed by atoms with van der Waals surface area (Å²) in [7, 11) is 0. The Kier molecular flexibility index (Phi) is 12.9. The summed E-state index contributed by atoms with van der Waals surface area (Å²) in [6.45, 7) is 3.40. The number of nitrogens with zero attached hydrogens (tertiary/aromatic N) is 1. The second-order valence-electron chi connectivity index (χ2n) is 8.93. The number of hydrogen-bond donors (Lipinski definition) is 2. The first-order valence-corrected chi connectivity index (χ1v) is 12.4. The molecule has 1 aromatic heterocycles. The Morgan fingerprint density at radius 2 is 1.62 bits per heavy atom. The smallest absolute Gasteiger partial charge is 0.357 e. The van der Waals surface area contributed by atoms with Gasteiger partial charge in [-0.15, -0.1) is 0 Å². The number of carbonyl (C=O) groups excluding carboxylic acids is 2. The molecule has 0 aliphatic carbocycles. The molecule has 1 aliphatic heterocycles. The van der Waals surface area contributed by atoms with Crippen molar-refractivity contribution in [2.45, 2.75) is 84.0 Å². The molecule has 2 unspecified atom stereocenters. The van der Waals surface area contributed by atoms with Crippen molar-refractivity contribution >= 4 is 11.9 Å². The van der Waals surface area contributed by atoms with Crippen LogP contribution in [0.4, 0.5) is 0 Å². The maximum absolute atomic E-state index is 12.8. The molecule has 2 heterocycles. The third-order valence-electron chi connectivity index (χ3n) is 6.22. The van der Waals surface area contributed by atoms with Crippen LogP contribution in [0.2, 0.25) is 0 Å². The van der Waals surface area contributed by atoms with E-state index in [1.165, 1.54) is 51.1 Å². The Bertz CT molecular complexity index is 683. The van der Waals surface area contributed by atoms with E-state index in [2.05, 4.69) is 17.3 Å². The van der Waals surface area contributed by atoms with Gasteiger partial charge in [0, 0.05) is 18.7 Å².